The molecule has 0 amide bonds. The second kappa shape index (κ2) is 7.77. The fourth-order valence-electron chi connectivity index (χ4n) is 6.73. The number of hydrogen-bond donors (Lipinski definition) is 1. The number of fused-ring (bicyclic) bond motifs is 8. The SMILES string of the molecule is C=CC1C[N+]23CCC1CC2C(O)c1cc(nc2ccc(OC)cc12)-c1c(F)c(F)c(F)c(F)c1C3. The molecular weight excluding hydrogens is 460 g/mol. The molecule has 1 N–H and O–H groups in total. The molecule has 0 aliphatic carbocycles. The number of piperidine rings is 3. The number of halogens is 4. The van der Waals surface area contributed by atoms with Crippen molar-refractivity contribution in [3.8, 4) is 17.0 Å². The molecule has 4 bridgehead atoms. The van der Waals surface area contributed by atoms with Crippen molar-refractivity contribution in [2.45, 2.75) is 31.5 Å². The Bertz CT molecular complexity index is 1390. The molecule has 3 saturated heterocycles. The molecule has 5 unspecified atom stereocenters. The largest absolute Gasteiger partial charge is 0.497 e. The van der Waals surface area contributed by atoms with Crippen LogP contribution in [0.3, 0.4) is 0 Å². The topological polar surface area (TPSA) is 42.4 Å². The van der Waals surface area contributed by atoms with Crippen molar-refractivity contribution >= 4 is 10.9 Å². The summed E-state index contributed by atoms with van der Waals surface area (Å²) in [4.78, 5) is 4.49. The molecule has 7 rings (SSSR count). The quantitative estimate of drug-likeness (QED) is 0.173. The van der Waals surface area contributed by atoms with Crippen molar-refractivity contribution in [1.82, 2.24) is 4.98 Å². The summed E-state index contributed by atoms with van der Waals surface area (Å²) >= 11 is 0. The van der Waals surface area contributed by atoms with Gasteiger partial charge in [0.25, 0.3) is 0 Å². The number of methoxy groups -OCH3 is 1. The Labute approximate surface area is 200 Å². The number of aromatic nitrogens is 1. The lowest BCUT2D eigenvalue weighted by Crippen LogP contribution is -2.67. The van der Waals surface area contributed by atoms with Gasteiger partial charge in [0, 0.05) is 24.1 Å². The van der Waals surface area contributed by atoms with Crippen molar-refractivity contribution in [1.29, 1.82) is 0 Å². The minimum atomic E-state index is -1.86. The monoisotopic (exact) mass is 485 g/mol. The van der Waals surface area contributed by atoms with Crippen LogP contribution in [0.15, 0.2) is 36.9 Å². The Morgan fingerprint density at radius 3 is 2.63 bits per heavy atom. The summed E-state index contributed by atoms with van der Waals surface area (Å²) < 4.78 is 65.3. The van der Waals surface area contributed by atoms with Gasteiger partial charge in [-0.25, -0.2) is 22.5 Å². The number of benzene rings is 2. The first-order valence-electron chi connectivity index (χ1n) is 11.8. The number of quaternary nitrogens is 1. The number of nitrogens with zero attached hydrogens (tertiary/aromatic N) is 2. The van der Waals surface area contributed by atoms with Crippen LogP contribution in [0.5, 0.6) is 5.75 Å². The van der Waals surface area contributed by atoms with Gasteiger partial charge in [0.2, 0.25) is 0 Å². The van der Waals surface area contributed by atoms with E-state index in [-0.39, 0.29) is 39.8 Å². The van der Waals surface area contributed by atoms with Gasteiger partial charge in [0.15, 0.2) is 23.3 Å². The molecule has 3 fully saturated rings. The van der Waals surface area contributed by atoms with Crippen LogP contribution in [0.2, 0.25) is 0 Å². The van der Waals surface area contributed by atoms with E-state index in [0.29, 0.717) is 47.6 Å². The van der Waals surface area contributed by atoms with Crippen molar-refractivity contribution < 1.29 is 31.9 Å². The molecule has 3 aromatic rings. The Kier molecular flexibility index (Phi) is 4.99. The van der Waals surface area contributed by atoms with E-state index in [4.69, 9.17) is 4.74 Å². The van der Waals surface area contributed by atoms with E-state index in [1.54, 1.807) is 18.2 Å². The second-order valence-corrected chi connectivity index (χ2v) is 10.1. The molecular formula is C27H25F4N2O2+. The smallest absolute Gasteiger partial charge is 0.198 e. The number of pyridine rings is 1. The van der Waals surface area contributed by atoms with Gasteiger partial charge in [0.1, 0.15) is 24.4 Å². The Morgan fingerprint density at radius 2 is 1.89 bits per heavy atom. The average Bonchev–Trinajstić information content (AvgIpc) is 2.92. The van der Waals surface area contributed by atoms with Gasteiger partial charge in [-0.05, 0) is 35.7 Å². The van der Waals surface area contributed by atoms with Crippen LogP contribution < -0.4 is 4.74 Å². The molecule has 1 aromatic heterocycles. The predicted molar refractivity (Wildman–Crippen MR) is 122 cm³/mol. The molecule has 4 aliphatic heterocycles. The Morgan fingerprint density at radius 1 is 1.11 bits per heavy atom. The molecule has 0 radical (unpaired) electrons. The number of ether oxygens (including phenoxy) is 1. The van der Waals surface area contributed by atoms with Crippen LogP contribution in [0.25, 0.3) is 22.2 Å². The minimum absolute atomic E-state index is 0.0314. The molecule has 0 saturated carbocycles. The maximum atomic E-state index is 15.4. The van der Waals surface area contributed by atoms with E-state index in [0.717, 1.165) is 6.42 Å². The second-order valence-electron chi connectivity index (χ2n) is 10.1. The average molecular weight is 486 g/mol. The van der Waals surface area contributed by atoms with Gasteiger partial charge in [0.05, 0.1) is 42.5 Å². The fourth-order valence-corrected chi connectivity index (χ4v) is 6.73. The third-order valence-electron chi connectivity index (χ3n) is 8.50. The van der Waals surface area contributed by atoms with Gasteiger partial charge in [-0.15, -0.1) is 6.58 Å². The first-order chi connectivity index (χ1) is 16.8. The van der Waals surface area contributed by atoms with Crippen LogP contribution in [0.4, 0.5) is 17.6 Å². The van der Waals surface area contributed by atoms with Crippen molar-refractivity contribution in [3.63, 3.8) is 0 Å². The van der Waals surface area contributed by atoms with E-state index < -0.39 is 29.4 Å². The highest BCUT2D eigenvalue weighted by Gasteiger charge is 2.55. The van der Waals surface area contributed by atoms with E-state index >= 15 is 8.78 Å². The van der Waals surface area contributed by atoms with E-state index in [9.17, 15) is 13.9 Å². The Hall–Kier alpha value is -2.97. The summed E-state index contributed by atoms with van der Waals surface area (Å²) in [6.45, 7) is 5.05. The molecule has 8 heteroatoms. The summed E-state index contributed by atoms with van der Waals surface area (Å²) in [5.74, 6) is -5.56. The highest BCUT2D eigenvalue weighted by atomic mass is 19.2. The third-order valence-corrected chi connectivity index (χ3v) is 8.50. The standard InChI is InChI=1S/C27H25F4N2O2/c1-3-13-11-33-7-6-14(13)8-21(33)27(34)17-10-20(32-19-5-4-15(35-2)9-16(17)19)22-18(12-33)23(28)25(30)26(31)24(22)29/h3-5,9-10,13-14,21,27,34H,1,6-8,11-12H2,2H3/q+1. The van der Waals surface area contributed by atoms with E-state index in [2.05, 4.69) is 11.6 Å². The molecule has 5 atom stereocenters. The number of rotatable bonds is 2. The summed E-state index contributed by atoms with van der Waals surface area (Å²) in [5.41, 5.74) is 0.252. The molecule has 5 heterocycles. The van der Waals surface area contributed by atoms with Crippen LogP contribution in [-0.2, 0) is 6.54 Å². The lowest BCUT2D eigenvalue weighted by atomic mass is 9.71. The molecule has 4 nitrogen and oxygen atoms in total. The lowest BCUT2D eigenvalue weighted by molar-refractivity contribution is -0.985. The molecule has 35 heavy (non-hydrogen) atoms. The highest BCUT2D eigenvalue weighted by Crippen LogP contribution is 2.50. The summed E-state index contributed by atoms with van der Waals surface area (Å²) in [6, 6.07) is 6.23. The summed E-state index contributed by atoms with van der Waals surface area (Å²) in [7, 11) is 1.53. The number of aliphatic hydroxyl groups is 1. The third kappa shape index (κ3) is 3.09. The van der Waals surface area contributed by atoms with Crippen molar-refractivity contribution in [3.05, 3.63) is 71.3 Å². The fraction of sp³-hybridized carbons (Fsp3) is 0.370. The zero-order valence-corrected chi connectivity index (χ0v) is 19.2. The maximum Gasteiger partial charge on any atom is 0.198 e. The van der Waals surface area contributed by atoms with Gasteiger partial charge >= 0.3 is 0 Å². The van der Waals surface area contributed by atoms with Crippen LogP contribution in [0.1, 0.15) is 30.1 Å². The first-order valence-corrected chi connectivity index (χ1v) is 11.8. The molecule has 182 valence electrons. The van der Waals surface area contributed by atoms with Crippen molar-refractivity contribution in [2.75, 3.05) is 20.2 Å². The maximum absolute atomic E-state index is 15.4. The van der Waals surface area contributed by atoms with E-state index in [1.807, 2.05) is 6.08 Å². The zero-order valence-electron chi connectivity index (χ0n) is 19.2. The van der Waals surface area contributed by atoms with Crippen LogP contribution in [0, 0.1) is 35.1 Å². The normalized spacial score (nSPS) is 29.1. The van der Waals surface area contributed by atoms with E-state index in [1.165, 1.54) is 13.2 Å². The minimum Gasteiger partial charge on any atom is -0.497 e. The number of hydrogen-bond acceptors (Lipinski definition) is 3. The molecule has 1 spiro atoms. The molecule has 4 aliphatic rings. The predicted octanol–water partition coefficient (Wildman–Crippen LogP) is 5.43. The van der Waals surface area contributed by atoms with Crippen molar-refractivity contribution in [2.24, 2.45) is 11.8 Å². The summed E-state index contributed by atoms with van der Waals surface area (Å²) in [5, 5.41) is 12.4. The lowest BCUT2D eigenvalue weighted by Gasteiger charge is -2.58. The van der Waals surface area contributed by atoms with Crippen LogP contribution >= 0.6 is 0 Å². The highest BCUT2D eigenvalue weighted by molar-refractivity contribution is 5.87. The number of aliphatic hydroxyl groups excluding tert-OH is 1. The van der Waals surface area contributed by atoms with Gasteiger partial charge in [-0.3, -0.25) is 0 Å². The van der Waals surface area contributed by atoms with Crippen LogP contribution in [-0.4, -0.2) is 40.8 Å². The van der Waals surface area contributed by atoms with Gasteiger partial charge in [-0.1, -0.05) is 6.08 Å². The van der Waals surface area contributed by atoms with Gasteiger partial charge < -0.3 is 14.3 Å². The molecule has 2 aromatic carbocycles. The first kappa shape index (κ1) is 22.5. The van der Waals surface area contributed by atoms with Gasteiger partial charge in [-0.2, -0.15) is 0 Å². The summed E-state index contributed by atoms with van der Waals surface area (Å²) in [6.07, 6.45) is 2.39. The zero-order chi connectivity index (χ0) is 24.6. The Balaban J connectivity index is 1.71.